The molecule has 2 N–H and O–H groups in total. The number of anilines is 1. The van der Waals surface area contributed by atoms with Gasteiger partial charge in [-0.1, -0.05) is 18.0 Å². The van der Waals surface area contributed by atoms with E-state index in [9.17, 15) is 9.18 Å². The molecule has 2 aliphatic heterocycles. The first kappa shape index (κ1) is 20.3. The van der Waals surface area contributed by atoms with E-state index < -0.39 is 5.60 Å². The van der Waals surface area contributed by atoms with E-state index in [-0.39, 0.29) is 24.0 Å². The molecule has 3 atom stereocenters. The summed E-state index contributed by atoms with van der Waals surface area (Å²) in [4.78, 5) is 14.6. The van der Waals surface area contributed by atoms with E-state index in [2.05, 4.69) is 4.31 Å². The maximum absolute atomic E-state index is 14.1. The number of carbonyl (C=O) groups excluding carboxylic acids is 1. The van der Waals surface area contributed by atoms with Crippen LogP contribution in [0.3, 0.4) is 0 Å². The number of halogens is 1. The average Bonchev–Trinajstić information content (AvgIpc) is 2.77. The minimum absolute atomic E-state index is 0.163. The number of rotatable bonds is 3. The molecule has 2 fully saturated rings. The van der Waals surface area contributed by atoms with Crippen LogP contribution in [0.25, 0.3) is 0 Å². The summed E-state index contributed by atoms with van der Waals surface area (Å²) in [5.74, 6) is 0.799. The van der Waals surface area contributed by atoms with Gasteiger partial charge in [0.05, 0.1) is 0 Å². The summed E-state index contributed by atoms with van der Waals surface area (Å²) in [7, 11) is 0. The van der Waals surface area contributed by atoms with Crippen molar-refractivity contribution in [2.24, 2.45) is 0 Å². The van der Waals surface area contributed by atoms with Gasteiger partial charge in [-0.25, -0.2) is 13.5 Å². The fraction of sp³-hybridized carbons (Fsp3) is 0.650. The van der Waals surface area contributed by atoms with Gasteiger partial charge in [0.15, 0.2) is 0 Å². The van der Waals surface area contributed by atoms with Crippen molar-refractivity contribution in [2.75, 3.05) is 24.6 Å². The number of hydrogen-bond acceptors (Lipinski definition) is 5. The topological polar surface area (TPSA) is 58.8 Å². The van der Waals surface area contributed by atoms with Gasteiger partial charge in [-0.3, -0.25) is 0 Å². The first-order valence-corrected chi connectivity index (χ1v) is 10.6. The van der Waals surface area contributed by atoms with Gasteiger partial charge in [0.1, 0.15) is 11.4 Å². The van der Waals surface area contributed by atoms with Crippen LogP contribution < -0.4 is 5.73 Å². The summed E-state index contributed by atoms with van der Waals surface area (Å²) < 4.78 is 22.2. The molecule has 7 heteroatoms. The van der Waals surface area contributed by atoms with Gasteiger partial charge in [-0.05, 0) is 58.6 Å². The Kier molecular flexibility index (Phi) is 6.21. The number of benzene rings is 1. The Hall–Kier alpha value is -1.47. The van der Waals surface area contributed by atoms with Gasteiger partial charge in [-0.15, -0.1) is 0 Å². The van der Waals surface area contributed by atoms with E-state index in [1.54, 1.807) is 12.1 Å². The molecule has 2 saturated heterocycles. The van der Waals surface area contributed by atoms with Gasteiger partial charge >= 0.3 is 6.09 Å². The van der Waals surface area contributed by atoms with E-state index in [1.165, 1.54) is 6.07 Å². The molecule has 150 valence electrons. The maximum atomic E-state index is 14.1. The molecule has 5 nitrogen and oxygen atoms in total. The summed E-state index contributed by atoms with van der Waals surface area (Å²) in [6.07, 6.45) is 3.15. The second-order valence-electron chi connectivity index (χ2n) is 8.36. The maximum Gasteiger partial charge on any atom is 0.410 e. The zero-order valence-corrected chi connectivity index (χ0v) is 17.2. The highest BCUT2D eigenvalue weighted by Crippen LogP contribution is 2.33. The van der Waals surface area contributed by atoms with Crippen LogP contribution in [0.5, 0.6) is 0 Å². The van der Waals surface area contributed by atoms with Crippen LogP contribution in [0.1, 0.15) is 45.6 Å². The molecule has 2 bridgehead atoms. The fourth-order valence-electron chi connectivity index (χ4n) is 3.76. The predicted octanol–water partition coefficient (Wildman–Crippen LogP) is 4.07. The van der Waals surface area contributed by atoms with Crippen molar-refractivity contribution in [1.82, 2.24) is 9.21 Å². The number of piperazine rings is 1. The molecule has 0 spiro atoms. The summed E-state index contributed by atoms with van der Waals surface area (Å²) in [5, 5.41) is 0. The molecule has 27 heavy (non-hydrogen) atoms. The number of carbonyl (C=O) groups is 1. The van der Waals surface area contributed by atoms with Crippen molar-refractivity contribution >= 4 is 23.7 Å². The van der Waals surface area contributed by atoms with Crippen LogP contribution in [0.2, 0.25) is 0 Å². The first-order chi connectivity index (χ1) is 12.7. The Labute approximate surface area is 165 Å². The number of nitrogens with zero attached hydrogens (tertiary/aromatic N) is 2. The summed E-state index contributed by atoms with van der Waals surface area (Å²) in [5.41, 5.74) is 6.52. The van der Waals surface area contributed by atoms with E-state index in [1.807, 2.05) is 37.6 Å². The first-order valence-electron chi connectivity index (χ1n) is 9.66. The highest BCUT2D eigenvalue weighted by atomic mass is 32.2. The fourth-order valence-corrected chi connectivity index (χ4v) is 4.95. The van der Waals surface area contributed by atoms with Gasteiger partial charge in [0, 0.05) is 42.2 Å². The van der Waals surface area contributed by atoms with Crippen molar-refractivity contribution in [3.63, 3.8) is 0 Å². The van der Waals surface area contributed by atoms with E-state index in [4.69, 9.17) is 10.5 Å². The monoisotopic (exact) mass is 395 g/mol. The van der Waals surface area contributed by atoms with Crippen molar-refractivity contribution in [3.05, 3.63) is 29.6 Å². The van der Waals surface area contributed by atoms with E-state index >= 15 is 0 Å². The lowest BCUT2D eigenvalue weighted by molar-refractivity contribution is -0.00221. The number of nitrogen functional groups attached to an aromatic ring is 1. The molecule has 2 aliphatic rings. The second kappa shape index (κ2) is 8.27. The van der Waals surface area contributed by atoms with Crippen LogP contribution in [0.4, 0.5) is 14.9 Å². The van der Waals surface area contributed by atoms with Crippen LogP contribution in [0.15, 0.2) is 18.2 Å². The molecule has 1 aromatic rings. The van der Waals surface area contributed by atoms with Crippen LogP contribution in [-0.4, -0.2) is 51.8 Å². The molecule has 1 amide bonds. The van der Waals surface area contributed by atoms with E-state index in [0.717, 1.165) is 31.6 Å². The van der Waals surface area contributed by atoms with Gasteiger partial charge < -0.3 is 15.4 Å². The van der Waals surface area contributed by atoms with Gasteiger partial charge in [0.2, 0.25) is 0 Å². The smallest absolute Gasteiger partial charge is 0.410 e. The lowest BCUT2D eigenvalue weighted by atomic mass is 9.99. The number of ether oxygens (including phenoxy) is 1. The lowest BCUT2D eigenvalue weighted by Crippen LogP contribution is -2.58. The molecule has 0 saturated carbocycles. The SMILES string of the molecule is CC(C)(C)OC(=O)N1CC(CCc2c(N)cccc2F)N2CC1CCCS2. The normalized spacial score (nSPS) is 25.8. The Morgan fingerprint density at radius 2 is 2.15 bits per heavy atom. The molecule has 3 rings (SSSR count). The molecule has 0 aromatic heterocycles. The Balaban J connectivity index is 1.72. The molecule has 2 heterocycles. The van der Waals surface area contributed by atoms with E-state index in [0.29, 0.717) is 24.2 Å². The zero-order valence-electron chi connectivity index (χ0n) is 16.4. The molecular formula is C20H30FN3O2S. The van der Waals surface area contributed by atoms with Crippen LogP contribution in [0, 0.1) is 5.82 Å². The molecule has 0 aliphatic carbocycles. The van der Waals surface area contributed by atoms with Crippen molar-refractivity contribution in [1.29, 1.82) is 0 Å². The second-order valence-corrected chi connectivity index (χ2v) is 9.50. The van der Waals surface area contributed by atoms with Crippen molar-refractivity contribution in [3.8, 4) is 0 Å². The number of amides is 1. The third-order valence-corrected chi connectivity index (χ3v) is 6.35. The molecule has 3 unspecified atom stereocenters. The quantitative estimate of drug-likeness (QED) is 0.617. The summed E-state index contributed by atoms with van der Waals surface area (Å²) in [6, 6.07) is 5.17. The number of nitrogens with two attached hydrogens (primary N) is 1. The highest BCUT2D eigenvalue weighted by molar-refractivity contribution is 7.97. The summed E-state index contributed by atoms with van der Waals surface area (Å²) in [6.45, 7) is 7.12. The summed E-state index contributed by atoms with van der Waals surface area (Å²) >= 11 is 1.85. The van der Waals surface area contributed by atoms with Crippen molar-refractivity contribution in [2.45, 2.75) is 64.1 Å². The number of hydrogen-bond donors (Lipinski definition) is 1. The highest BCUT2D eigenvalue weighted by Gasteiger charge is 2.39. The van der Waals surface area contributed by atoms with Gasteiger partial charge in [0.25, 0.3) is 0 Å². The predicted molar refractivity (Wildman–Crippen MR) is 108 cm³/mol. The van der Waals surface area contributed by atoms with Crippen LogP contribution in [-0.2, 0) is 11.2 Å². The largest absolute Gasteiger partial charge is 0.444 e. The molecule has 0 radical (unpaired) electrons. The Morgan fingerprint density at radius 1 is 1.37 bits per heavy atom. The number of fused-ring (bicyclic) bond motifs is 2. The standard InChI is InChI=1S/C20H30FN3O2S/c1-20(2,3)26-19(25)23-12-15(24-13-14(23)6-5-11-27-24)9-10-16-17(21)7-4-8-18(16)22/h4,7-8,14-15H,5-6,9-13,22H2,1-3H3. The average molecular weight is 396 g/mol. The minimum atomic E-state index is -0.509. The van der Waals surface area contributed by atoms with Crippen LogP contribution >= 0.6 is 11.9 Å². The Morgan fingerprint density at radius 3 is 2.85 bits per heavy atom. The zero-order chi connectivity index (χ0) is 19.6. The molecular weight excluding hydrogens is 365 g/mol. The molecule has 1 aromatic carbocycles. The third kappa shape index (κ3) is 5.08. The van der Waals surface area contributed by atoms with Gasteiger partial charge in [-0.2, -0.15) is 0 Å². The third-order valence-electron chi connectivity index (χ3n) is 5.10. The van der Waals surface area contributed by atoms with Crippen molar-refractivity contribution < 1.29 is 13.9 Å². The minimum Gasteiger partial charge on any atom is -0.444 e. The Bertz CT molecular complexity index is 659. The lowest BCUT2D eigenvalue weighted by Gasteiger charge is -2.44.